The van der Waals surface area contributed by atoms with Crippen LogP contribution in [0, 0.1) is 0 Å². The van der Waals surface area contributed by atoms with Gasteiger partial charge in [-0.2, -0.15) is 0 Å². The van der Waals surface area contributed by atoms with E-state index in [4.69, 9.17) is 4.42 Å². The van der Waals surface area contributed by atoms with Crippen molar-refractivity contribution >= 4 is 11.8 Å². The SMILES string of the molecule is O=C(CCCNC(=O)c1ccco1)NCc1ccccc1. The summed E-state index contributed by atoms with van der Waals surface area (Å²) in [5, 5.41) is 5.55. The number of nitrogens with one attached hydrogen (secondary N) is 2. The molecule has 0 saturated carbocycles. The maximum absolute atomic E-state index is 11.6. The van der Waals surface area contributed by atoms with E-state index in [9.17, 15) is 9.59 Å². The van der Waals surface area contributed by atoms with Gasteiger partial charge in [-0.25, -0.2) is 0 Å². The molecule has 1 aromatic carbocycles. The van der Waals surface area contributed by atoms with E-state index in [1.165, 1.54) is 6.26 Å². The molecular formula is C16H18N2O3. The third-order valence-corrected chi connectivity index (χ3v) is 2.94. The Morgan fingerprint density at radius 2 is 1.81 bits per heavy atom. The second kappa shape index (κ2) is 7.89. The Balaban J connectivity index is 1.58. The Morgan fingerprint density at radius 1 is 1.00 bits per heavy atom. The van der Waals surface area contributed by atoms with Crippen LogP contribution in [0.1, 0.15) is 29.0 Å². The first-order chi connectivity index (χ1) is 10.3. The minimum Gasteiger partial charge on any atom is -0.459 e. The van der Waals surface area contributed by atoms with Gasteiger partial charge in [0.25, 0.3) is 5.91 Å². The molecular weight excluding hydrogens is 268 g/mol. The first-order valence-electron chi connectivity index (χ1n) is 6.88. The molecule has 5 nitrogen and oxygen atoms in total. The highest BCUT2D eigenvalue weighted by Gasteiger charge is 2.07. The Morgan fingerprint density at radius 3 is 2.52 bits per heavy atom. The fourth-order valence-corrected chi connectivity index (χ4v) is 1.83. The van der Waals surface area contributed by atoms with Crippen molar-refractivity contribution in [3.8, 4) is 0 Å². The highest BCUT2D eigenvalue weighted by molar-refractivity contribution is 5.91. The summed E-state index contributed by atoms with van der Waals surface area (Å²) < 4.78 is 4.97. The Bertz CT molecular complexity index is 564. The predicted molar refractivity (Wildman–Crippen MR) is 78.6 cm³/mol. The van der Waals surface area contributed by atoms with Gasteiger partial charge in [0.05, 0.1) is 6.26 Å². The molecule has 1 heterocycles. The number of carbonyl (C=O) groups excluding carboxylic acids is 2. The Kier molecular flexibility index (Phi) is 5.58. The van der Waals surface area contributed by atoms with E-state index >= 15 is 0 Å². The third-order valence-electron chi connectivity index (χ3n) is 2.94. The van der Waals surface area contributed by atoms with Crippen molar-refractivity contribution in [2.45, 2.75) is 19.4 Å². The van der Waals surface area contributed by atoms with Gasteiger partial charge < -0.3 is 15.1 Å². The average molecular weight is 286 g/mol. The van der Waals surface area contributed by atoms with Crippen molar-refractivity contribution < 1.29 is 14.0 Å². The van der Waals surface area contributed by atoms with Crippen molar-refractivity contribution in [1.82, 2.24) is 10.6 Å². The predicted octanol–water partition coefficient (Wildman–Crippen LogP) is 2.11. The average Bonchev–Trinajstić information content (AvgIpc) is 3.05. The lowest BCUT2D eigenvalue weighted by Crippen LogP contribution is -2.27. The molecule has 21 heavy (non-hydrogen) atoms. The monoisotopic (exact) mass is 286 g/mol. The van der Waals surface area contributed by atoms with Gasteiger partial charge in [0.1, 0.15) is 0 Å². The van der Waals surface area contributed by atoms with Crippen LogP contribution in [0.5, 0.6) is 0 Å². The lowest BCUT2D eigenvalue weighted by Gasteiger charge is -2.06. The summed E-state index contributed by atoms with van der Waals surface area (Å²) in [6.45, 7) is 0.969. The molecule has 0 aliphatic heterocycles. The number of hydrogen-bond donors (Lipinski definition) is 2. The second-order valence-corrected chi connectivity index (χ2v) is 4.60. The molecule has 2 N–H and O–H groups in total. The fourth-order valence-electron chi connectivity index (χ4n) is 1.83. The molecule has 5 heteroatoms. The smallest absolute Gasteiger partial charge is 0.286 e. The normalized spacial score (nSPS) is 10.1. The van der Waals surface area contributed by atoms with E-state index in [2.05, 4.69) is 10.6 Å². The van der Waals surface area contributed by atoms with Crippen LogP contribution in [-0.2, 0) is 11.3 Å². The van der Waals surface area contributed by atoms with E-state index in [0.717, 1.165) is 5.56 Å². The van der Waals surface area contributed by atoms with Gasteiger partial charge in [-0.3, -0.25) is 9.59 Å². The first-order valence-corrected chi connectivity index (χ1v) is 6.88. The first kappa shape index (κ1) is 14.8. The number of furan rings is 1. The summed E-state index contributed by atoms with van der Waals surface area (Å²) in [5.74, 6) is -0.000626. The second-order valence-electron chi connectivity index (χ2n) is 4.60. The van der Waals surface area contributed by atoms with Crippen LogP contribution >= 0.6 is 0 Å². The molecule has 0 radical (unpaired) electrons. The van der Waals surface area contributed by atoms with Crippen LogP contribution in [0.3, 0.4) is 0 Å². The molecule has 2 rings (SSSR count). The number of carbonyl (C=O) groups is 2. The van der Waals surface area contributed by atoms with Gasteiger partial charge in [0.2, 0.25) is 5.91 Å². The van der Waals surface area contributed by atoms with Crippen molar-refractivity contribution in [3.05, 3.63) is 60.1 Å². The molecule has 0 saturated heterocycles. The summed E-state index contributed by atoms with van der Waals surface area (Å²) in [6.07, 6.45) is 2.42. The lowest BCUT2D eigenvalue weighted by molar-refractivity contribution is -0.121. The number of rotatable bonds is 7. The highest BCUT2D eigenvalue weighted by Crippen LogP contribution is 2.00. The van der Waals surface area contributed by atoms with Gasteiger partial charge >= 0.3 is 0 Å². The summed E-state index contributed by atoms with van der Waals surface area (Å²) in [4.78, 5) is 23.2. The van der Waals surface area contributed by atoms with Gasteiger partial charge in [-0.05, 0) is 24.1 Å². The van der Waals surface area contributed by atoms with Crippen LogP contribution in [0.25, 0.3) is 0 Å². The van der Waals surface area contributed by atoms with E-state index in [1.54, 1.807) is 12.1 Å². The van der Waals surface area contributed by atoms with Crippen molar-refractivity contribution in [2.24, 2.45) is 0 Å². The van der Waals surface area contributed by atoms with Gasteiger partial charge in [0.15, 0.2) is 5.76 Å². The van der Waals surface area contributed by atoms with Crippen LogP contribution in [0.15, 0.2) is 53.1 Å². The Labute approximate surface area is 123 Å². The largest absolute Gasteiger partial charge is 0.459 e. The zero-order chi connectivity index (χ0) is 14.9. The van der Waals surface area contributed by atoms with Crippen LogP contribution in [0.2, 0.25) is 0 Å². The van der Waals surface area contributed by atoms with Crippen LogP contribution < -0.4 is 10.6 Å². The molecule has 2 amide bonds. The molecule has 0 spiro atoms. The van der Waals surface area contributed by atoms with E-state index in [-0.39, 0.29) is 17.6 Å². The van der Waals surface area contributed by atoms with Crippen LogP contribution in [0.4, 0.5) is 0 Å². The number of hydrogen-bond acceptors (Lipinski definition) is 3. The molecule has 0 aliphatic rings. The Hall–Kier alpha value is -2.56. The number of amides is 2. The van der Waals surface area contributed by atoms with Gasteiger partial charge in [-0.15, -0.1) is 0 Å². The maximum Gasteiger partial charge on any atom is 0.286 e. The van der Waals surface area contributed by atoms with Crippen molar-refractivity contribution in [2.75, 3.05) is 6.54 Å². The molecule has 110 valence electrons. The molecule has 1 aromatic heterocycles. The molecule has 0 atom stereocenters. The third kappa shape index (κ3) is 5.14. The summed E-state index contributed by atoms with van der Waals surface area (Å²) >= 11 is 0. The zero-order valence-electron chi connectivity index (χ0n) is 11.7. The van der Waals surface area contributed by atoms with Crippen molar-refractivity contribution in [1.29, 1.82) is 0 Å². The lowest BCUT2D eigenvalue weighted by atomic mass is 10.2. The minimum absolute atomic E-state index is 0.0221. The van der Waals surface area contributed by atoms with E-state index in [1.807, 2.05) is 30.3 Å². The summed E-state index contributed by atoms with van der Waals surface area (Å²) in [7, 11) is 0. The molecule has 0 fully saturated rings. The standard InChI is InChI=1S/C16H18N2O3/c19-15(18-12-13-6-2-1-3-7-13)9-4-10-17-16(20)14-8-5-11-21-14/h1-3,5-8,11H,4,9-10,12H2,(H,17,20)(H,18,19). The number of benzene rings is 1. The highest BCUT2D eigenvalue weighted by atomic mass is 16.3. The summed E-state index contributed by atoms with van der Waals surface area (Å²) in [5.41, 5.74) is 1.07. The summed E-state index contributed by atoms with van der Waals surface area (Å²) in [6, 6.07) is 13.0. The van der Waals surface area contributed by atoms with Crippen molar-refractivity contribution in [3.63, 3.8) is 0 Å². The van der Waals surface area contributed by atoms with E-state index in [0.29, 0.717) is 25.9 Å². The minimum atomic E-state index is -0.260. The van der Waals surface area contributed by atoms with E-state index < -0.39 is 0 Å². The molecule has 0 aliphatic carbocycles. The van der Waals surface area contributed by atoms with Gasteiger partial charge in [-0.1, -0.05) is 30.3 Å². The zero-order valence-corrected chi connectivity index (χ0v) is 11.7. The maximum atomic E-state index is 11.6. The fraction of sp³-hybridized carbons (Fsp3) is 0.250. The quantitative estimate of drug-likeness (QED) is 0.766. The van der Waals surface area contributed by atoms with Gasteiger partial charge in [0, 0.05) is 19.5 Å². The topological polar surface area (TPSA) is 71.3 Å². The van der Waals surface area contributed by atoms with Crippen LogP contribution in [-0.4, -0.2) is 18.4 Å². The molecule has 2 aromatic rings. The molecule has 0 unspecified atom stereocenters. The molecule has 0 bridgehead atoms.